The number of H-pyrrole nitrogens is 1. The Hall–Kier alpha value is -1.86. The summed E-state index contributed by atoms with van der Waals surface area (Å²) in [6.45, 7) is -0.0140. The van der Waals surface area contributed by atoms with Crippen molar-refractivity contribution >= 4 is 29.1 Å². The highest BCUT2D eigenvalue weighted by molar-refractivity contribution is 6.34. The molecule has 2 N–H and O–H groups in total. The fourth-order valence-electron chi connectivity index (χ4n) is 1.22. The minimum absolute atomic E-state index is 0.169. The lowest BCUT2D eigenvalue weighted by molar-refractivity contribution is -0.123. The summed E-state index contributed by atoms with van der Waals surface area (Å²) >= 11 is 11.7. The standard InChI is InChI=1S/C10H9Cl2N5O2/c11-6-1-2-7(12)8(3-6)19-5-10(18)13-4-9-14-16-17-15-9/h1-3H,4-5H2,(H,13,18)(H,14,15,16,17). The van der Waals surface area contributed by atoms with Crippen LogP contribution in [0, 0.1) is 0 Å². The zero-order valence-corrected chi connectivity index (χ0v) is 11.1. The minimum Gasteiger partial charge on any atom is -0.482 e. The molecule has 0 saturated heterocycles. The van der Waals surface area contributed by atoms with Crippen molar-refractivity contribution in [2.75, 3.05) is 6.61 Å². The maximum absolute atomic E-state index is 11.5. The summed E-state index contributed by atoms with van der Waals surface area (Å²) in [5.41, 5.74) is 0. The molecule has 0 spiro atoms. The zero-order valence-electron chi connectivity index (χ0n) is 9.56. The van der Waals surface area contributed by atoms with Gasteiger partial charge in [-0.1, -0.05) is 28.4 Å². The van der Waals surface area contributed by atoms with E-state index in [0.29, 0.717) is 21.6 Å². The third-order valence-corrected chi connectivity index (χ3v) is 2.63. The molecule has 2 rings (SSSR count). The Bertz CT molecular complexity index is 561. The van der Waals surface area contributed by atoms with E-state index in [-0.39, 0.29) is 19.1 Å². The first-order valence-corrected chi connectivity index (χ1v) is 5.97. The first kappa shape index (κ1) is 13.6. The van der Waals surface area contributed by atoms with E-state index in [4.69, 9.17) is 27.9 Å². The van der Waals surface area contributed by atoms with Gasteiger partial charge in [0.25, 0.3) is 5.91 Å². The van der Waals surface area contributed by atoms with Crippen LogP contribution in [0.2, 0.25) is 10.0 Å². The van der Waals surface area contributed by atoms with E-state index in [1.54, 1.807) is 12.1 Å². The highest BCUT2D eigenvalue weighted by atomic mass is 35.5. The SMILES string of the molecule is O=C(COc1cc(Cl)ccc1Cl)NCc1nn[nH]n1. The number of ether oxygens (including phenoxy) is 1. The van der Waals surface area contributed by atoms with Gasteiger partial charge in [0.1, 0.15) is 5.75 Å². The molecule has 1 aromatic carbocycles. The van der Waals surface area contributed by atoms with Crippen LogP contribution in [-0.4, -0.2) is 33.1 Å². The number of rotatable bonds is 5. The topological polar surface area (TPSA) is 92.8 Å². The minimum atomic E-state index is -0.333. The third kappa shape index (κ3) is 4.08. The number of carbonyl (C=O) groups excluding carboxylic acids is 1. The highest BCUT2D eigenvalue weighted by Crippen LogP contribution is 2.27. The molecule has 0 aliphatic heterocycles. The number of halogens is 2. The predicted octanol–water partition coefficient (Wildman–Crippen LogP) is 1.20. The lowest BCUT2D eigenvalue weighted by Gasteiger charge is -2.08. The predicted molar refractivity (Wildman–Crippen MR) is 68.0 cm³/mol. The molecule has 9 heteroatoms. The quantitative estimate of drug-likeness (QED) is 0.865. The van der Waals surface area contributed by atoms with Crippen molar-refractivity contribution < 1.29 is 9.53 Å². The molecule has 7 nitrogen and oxygen atoms in total. The third-order valence-electron chi connectivity index (χ3n) is 2.08. The summed E-state index contributed by atoms with van der Waals surface area (Å²) in [4.78, 5) is 11.5. The summed E-state index contributed by atoms with van der Waals surface area (Å²) in [5, 5.41) is 16.5. The smallest absolute Gasteiger partial charge is 0.258 e. The van der Waals surface area contributed by atoms with Crippen molar-refractivity contribution in [3.63, 3.8) is 0 Å². The lowest BCUT2D eigenvalue weighted by Crippen LogP contribution is -2.28. The number of aromatic amines is 1. The lowest BCUT2D eigenvalue weighted by atomic mass is 10.3. The van der Waals surface area contributed by atoms with E-state index in [2.05, 4.69) is 25.9 Å². The Morgan fingerprint density at radius 3 is 3.00 bits per heavy atom. The maximum atomic E-state index is 11.5. The summed E-state index contributed by atoms with van der Waals surface area (Å²) in [6.07, 6.45) is 0. The normalized spacial score (nSPS) is 10.2. The van der Waals surface area contributed by atoms with Crippen LogP contribution in [-0.2, 0) is 11.3 Å². The number of carbonyl (C=O) groups is 1. The molecule has 0 aliphatic rings. The van der Waals surface area contributed by atoms with Gasteiger partial charge >= 0.3 is 0 Å². The fraction of sp³-hybridized carbons (Fsp3) is 0.200. The van der Waals surface area contributed by atoms with E-state index in [1.807, 2.05) is 0 Å². The Morgan fingerprint density at radius 2 is 2.26 bits per heavy atom. The van der Waals surface area contributed by atoms with Gasteiger partial charge in [0.2, 0.25) is 0 Å². The van der Waals surface area contributed by atoms with Crippen LogP contribution in [0.3, 0.4) is 0 Å². The molecule has 1 heterocycles. The summed E-state index contributed by atoms with van der Waals surface area (Å²) < 4.78 is 5.26. The monoisotopic (exact) mass is 301 g/mol. The van der Waals surface area contributed by atoms with Crippen molar-refractivity contribution in [3.05, 3.63) is 34.1 Å². The van der Waals surface area contributed by atoms with Crippen molar-refractivity contribution in [2.24, 2.45) is 0 Å². The molecule has 0 atom stereocenters. The van der Waals surface area contributed by atoms with Crippen LogP contribution in [0.5, 0.6) is 5.75 Å². The molecule has 0 fully saturated rings. The van der Waals surface area contributed by atoms with Crippen LogP contribution in [0.15, 0.2) is 18.2 Å². The molecule has 0 aliphatic carbocycles. The average molecular weight is 302 g/mol. The average Bonchev–Trinajstić information content (AvgIpc) is 2.90. The summed E-state index contributed by atoms with van der Waals surface area (Å²) in [6, 6.07) is 4.76. The van der Waals surface area contributed by atoms with E-state index < -0.39 is 0 Å². The Kier molecular flexibility index (Phi) is 4.53. The second kappa shape index (κ2) is 6.35. The Labute approximate surface area is 118 Å². The van der Waals surface area contributed by atoms with Gasteiger partial charge in [0, 0.05) is 11.1 Å². The molecule has 1 aromatic heterocycles. The number of tetrazole rings is 1. The molecule has 19 heavy (non-hydrogen) atoms. The molecule has 0 radical (unpaired) electrons. The molecule has 100 valence electrons. The number of benzene rings is 1. The highest BCUT2D eigenvalue weighted by Gasteiger charge is 2.07. The van der Waals surface area contributed by atoms with Crippen LogP contribution >= 0.6 is 23.2 Å². The largest absolute Gasteiger partial charge is 0.482 e. The van der Waals surface area contributed by atoms with Crippen LogP contribution in [0.1, 0.15) is 5.82 Å². The van der Waals surface area contributed by atoms with Crippen LogP contribution in [0.25, 0.3) is 0 Å². The van der Waals surface area contributed by atoms with E-state index in [0.717, 1.165) is 0 Å². The number of amides is 1. The van der Waals surface area contributed by atoms with E-state index in [1.165, 1.54) is 6.07 Å². The van der Waals surface area contributed by atoms with Crippen molar-refractivity contribution in [2.45, 2.75) is 6.54 Å². The van der Waals surface area contributed by atoms with Gasteiger partial charge in [-0.3, -0.25) is 4.79 Å². The van der Waals surface area contributed by atoms with Crippen LogP contribution in [0.4, 0.5) is 0 Å². The van der Waals surface area contributed by atoms with E-state index >= 15 is 0 Å². The maximum Gasteiger partial charge on any atom is 0.258 e. The number of nitrogens with one attached hydrogen (secondary N) is 2. The van der Waals surface area contributed by atoms with Gasteiger partial charge in [-0.15, -0.1) is 10.2 Å². The molecule has 0 unspecified atom stereocenters. The molecule has 0 bridgehead atoms. The number of nitrogens with zero attached hydrogens (tertiary/aromatic N) is 3. The van der Waals surface area contributed by atoms with Crippen molar-refractivity contribution in [1.29, 1.82) is 0 Å². The van der Waals surface area contributed by atoms with Gasteiger partial charge in [0.15, 0.2) is 12.4 Å². The zero-order chi connectivity index (χ0) is 13.7. The van der Waals surface area contributed by atoms with E-state index in [9.17, 15) is 4.79 Å². The van der Waals surface area contributed by atoms with Gasteiger partial charge in [0.05, 0.1) is 11.6 Å². The van der Waals surface area contributed by atoms with Gasteiger partial charge in [-0.05, 0) is 12.1 Å². The second-order valence-corrected chi connectivity index (χ2v) is 4.31. The Morgan fingerprint density at radius 1 is 1.42 bits per heavy atom. The summed E-state index contributed by atoms with van der Waals surface area (Å²) in [7, 11) is 0. The van der Waals surface area contributed by atoms with Gasteiger partial charge in [-0.2, -0.15) is 5.21 Å². The molecular formula is C10H9Cl2N5O2. The molecule has 1 amide bonds. The first-order chi connectivity index (χ1) is 9.15. The first-order valence-electron chi connectivity index (χ1n) is 5.22. The van der Waals surface area contributed by atoms with Crippen LogP contribution < -0.4 is 10.1 Å². The molecule has 0 saturated carbocycles. The second-order valence-electron chi connectivity index (χ2n) is 3.47. The number of hydrogen-bond donors (Lipinski definition) is 2. The Balaban J connectivity index is 1.81. The van der Waals surface area contributed by atoms with Gasteiger partial charge in [-0.25, -0.2) is 0 Å². The number of hydrogen-bond acceptors (Lipinski definition) is 5. The van der Waals surface area contributed by atoms with Gasteiger partial charge < -0.3 is 10.1 Å². The van der Waals surface area contributed by atoms with Crippen molar-refractivity contribution in [1.82, 2.24) is 25.9 Å². The fourth-order valence-corrected chi connectivity index (χ4v) is 1.55. The molecule has 2 aromatic rings. The number of aromatic nitrogens is 4. The summed E-state index contributed by atoms with van der Waals surface area (Å²) in [5.74, 6) is 0.402. The van der Waals surface area contributed by atoms with Crippen molar-refractivity contribution in [3.8, 4) is 5.75 Å². The molecular weight excluding hydrogens is 293 g/mol.